The summed E-state index contributed by atoms with van der Waals surface area (Å²) in [6.07, 6.45) is 8.80. The SMILES string of the molecule is C=CC(O)N1CCN(c2nc(OC[C@@H]3CCCN3C)nc3c2CCC(N2CCCc4ccccc42)C3)CC1. The lowest BCUT2D eigenvalue weighted by atomic mass is 9.88. The van der Waals surface area contributed by atoms with E-state index in [1.807, 2.05) is 0 Å². The smallest absolute Gasteiger partial charge is 0.318 e. The molecule has 3 aliphatic heterocycles. The summed E-state index contributed by atoms with van der Waals surface area (Å²) in [5.41, 5.74) is 5.31. The second-order valence-corrected chi connectivity index (χ2v) is 11.3. The third-order valence-electron chi connectivity index (χ3n) is 9.07. The molecule has 3 atom stereocenters. The molecule has 204 valence electrons. The minimum absolute atomic E-state index is 0.430. The molecule has 0 saturated carbocycles. The average Bonchev–Trinajstić information content (AvgIpc) is 3.39. The van der Waals surface area contributed by atoms with Crippen LogP contribution >= 0.6 is 0 Å². The molecule has 6 rings (SSSR count). The van der Waals surface area contributed by atoms with E-state index >= 15 is 0 Å². The van der Waals surface area contributed by atoms with Crippen LogP contribution in [0.3, 0.4) is 0 Å². The molecule has 2 fully saturated rings. The number of nitrogens with zero attached hydrogens (tertiary/aromatic N) is 6. The minimum atomic E-state index is -0.591. The lowest BCUT2D eigenvalue weighted by Crippen LogP contribution is -2.50. The van der Waals surface area contributed by atoms with Crippen molar-refractivity contribution in [2.24, 2.45) is 0 Å². The zero-order valence-corrected chi connectivity index (χ0v) is 22.8. The fourth-order valence-electron chi connectivity index (χ4n) is 6.80. The molecule has 1 aliphatic carbocycles. The van der Waals surface area contributed by atoms with Crippen LogP contribution < -0.4 is 14.5 Å². The fourth-order valence-corrected chi connectivity index (χ4v) is 6.80. The number of hydrogen-bond acceptors (Lipinski definition) is 8. The maximum absolute atomic E-state index is 10.2. The number of benzene rings is 1. The largest absolute Gasteiger partial charge is 0.462 e. The van der Waals surface area contributed by atoms with Gasteiger partial charge in [-0.2, -0.15) is 9.97 Å². The Morgan fingerprint density at radius 1 is 1.05 bits per heavy atom. The van der Waals surface area contributed by atoms with Crippen LogP contribution in [0.25, 0.3) is 0 Å². The Morgan fingerprint density at radius 2 is 1.89 bits per heavy atom. The summed E-state index contributed by atoms with van der Waals surface area (Å²) in [5, 5.41) is 10.2. The van der Waals surface area contributed by atoms with Crippen LogP contribution in [-0.4, -0.2) is 96.1 Å². The molecule has 1 aromatic heterocycles. The molecule has 38 heavy (non-hydrogen) atoms. The van der Waals surface area contributed by atoms with E-state index in [2.05, 4.69) is 57.5 Å². The molecule has 4 aliphatic rings. The molecule has 8 heteroatoms. The van der Waals surface area contributed by atoms with Gasteiger partial charge in [-0.05, 0) is 69.8 Å². The van der Waals surface area contributed by atoms with Crippen molar-refractivity contribution in [3.8, 4) is 6.01 Å². The molecule has 8 nitrogen and oxygen atoms in total. The Bertz CT molecular complexity index is 1130. The average molecular weight is 519 g/mol. The number of para-hydroxylation sites is 1. The van der Waals surface area contributed by atoms with Gasteiger partial charge in [-0.1, -0.05) is 24.8 Å². The number of aryl methyl sites for hydroxylation is 1. The molecular weight excluding hydrogens is 476 g/mol. The number of aliphatic hydroxyl groups is 1. The highest BCUT2D eigenvalue weighted by molar-refractivity contribution is 5.58. The predicted octanol–water partition coefficient (Wildman–Crippen LogP) is 2.89. The molecule has 2 unspecified atom stereocenters. The molecule has 0 amide bonds. The molecule has 0 radical (unpaired) electrons. The maximum atomic E-state index is 10.2. The Kier molecular flexibility index (Phi) is 7.54. The first-order valence-electron chi connectivity index (χ1n) is 14.5. The van der Waals surface area contributed by atoms with Crippen molar-refractivity contribution >= 4 is 11.5 Å². The summed E-state index contributed by atoms with van der Waals surface area (Å²) in [7, 11) is 2.18. The van der Waals surface area contributed by atoms with Gasteiger partial charge >= 0.3 is 6.01 Å². The van der Waals surface area contributed by atoms with Gasteiger partial charge in [-0.25, -0.2) is 0 Å². The number of aliphatic hydroxyl groups excluding tert-OH is 1. The van der Waals surface area contributed by atoms with E-state index < -0.39 is 6.23 Å². The standard InChI is InChI=1S/C30H42N6O2/c1-3-28(37)34-16-18-35(19-17-34)29-25-13-12-23(36-15-6-9-22-8-4-5-11-27(22)36)20-26(25)31-30(32-29)38-21-24-10-7-14-33(24)2/h3-5,8,11,23-24,28,37H,1,6-7,9-10,12-21H2,2H3/t23?,24-,28?/m0/s1. The molecule has 0 bridgehead atoms. The van der Waals surface area contributed by atoms with E-state index in [1.165, 1.54) is 42.5 Å². The van der Waals surface area contributed by atoms with E-state index in [0.29, 0.717) is 24.7 Å². The number of ether oxygens (including phenoxy) is 1. The highest BCUT2D eigenvalue weighted by Gasteiger charge is 2.33. The second-order valence-electron chi connectivity index (χ2n) is 11.3. The Morgan fingerprint density at radius 3 is 2.68 bits per heavy atom. The van der Waals surface area contributed by atoms with Crippen molar-refractivity contribution in [2.75, 3.05) is 62.7 Å². The summed E-state index contributed by atoms with van der Waals surface area (Å²) in [6, 6.07) is 10.3. The van der Waals surface area contributed by atoms with Crippen LogP contribution in [0.15, 0.2) is 36.9 Å². The first-order chi connectivity index (χ1) is 18.6. The molecular formula is C30H42N6O2. The summed E-state index contributed by atoms with van der Waals surface area (Å²) < 4.78 is 6.30. The Balaban J connectivity index is 1.26. The zero-order valence-electron chi connectivity index (χ0n) is 22.8. The van der Waals surface area contributed by atoms with Gasteiger partial charge < -0.3 is 24.5 Å². The van der Waals surface area contributed by atoms with E-state index in [-0.39, 0.29) is 0 Å². The topological polar surface area (TPSA) is 68.2 Å². The predicted molar refractivity (Wildman–Crippen MR) is 151 cm³/mol. The lowest BCUT2D eigenvalue weighted by Gasteiger charge is -2.41. The number of fused-ring (bicyclic) bond motifs is 2. The molecule has 2 saturated heterocycles. The number of piperazine rings is 1. The summed E-state index contributed by atoms with van der Waals surface area (Å²) >= 11 is 0. The first-order valence-corrected chi connectivity index (χ1v) is 14.5. The van der Waals surface area contributed by atoms with Crippen molar-refractivity contribution in [3.63, 3.8) is 0 Å². The van der Waals surface area contributed by atoms with Gasteiger partial charge in [-0.15, -0.1) is 0 Å². The normalized spacial score (nSPS) is 25.1. The fraction of sp³-hybridized carbons (Fsp3) is 0.600. The van der Waals surface area contributed by atoms with Crippen molar-refractivity contribution in [2.45, 2.75) is 63.3 Å². The highest BCUT2D eigenvalue weighted by atomic mass is 16.5. The maximum Gasteiger partial charge on any atom is 0.318 e. The number of likely N-dealkylation sites (N-methyl/N-ethyl adjacent to an activating group) is 1. The lowest BCUT2D eigenvalue weighted by molar-refractivity contribution is 0.0379. The molecule has 1 N–H and O–H groups in total. The molecule has 0 spiro atoms. The molecule has 4 heterocycles. The van der Waals surface area contributed by atoms with Crippen molar-refractivity contribution in [3.05, 3.63) is 53.7 Å². The van der Waals surface area contributed by atoms with Crippen LogP contribution in [-0.2, 0) is 19.3 Å². The third-order valence-corrected chi connectivity index (χ3v) is 9.07. The van der Waals surface area contributed by atoms with Gasteiger partial charge in [0.25, 0.3) is 0 Å². The van der Waals surface area contributed by atoms with Crippen molar-refractivity contribution in [1.29, 1.82) is 0 Å². The molecule has 1 aromatic carbocycles. The number of aromatic nitrogens is 2. The highest BCUT2D eigenvalue weighted by Crippen LogP contribution is 2.36. The quantitative estimate of drug-likeness (QED) is 0.562. The minimum Gasteiger partial charge on any atom is -0.462 e. The van der Waals surface area contributed by atoms with Crippen LogP contribution in [0.2, 0.25) is 0 Å². The zero-order chi connectivity index (χ0) is 26.1. The van der Waals surface area contributed by atoms with Gasteiger partial charge in [0.2, 0.25) is 0 Å². The first kappa shape index (κ1) is 25.6. The van der Waals surface area contributed by atoms with Gasteiger partial charge in [0.05, 0.1) is 5.69 Å². The number of anilines is 2. The summed E-state index contributed by atoms with van der Waals surface area (Å²) in [6.45, 7) is 9.83. The van der Waals surface area contributed by atoms with Crippen molar-refractivity contribution < 1.29 is 9.84 Å². The van der Waals surface area contributed by atoms with Crippen LogP contribution in [0.1, 0.15) is 42.5 Å². The van der Waals surface area contributed by atoms with Gasteiger partial charge in [0.1, 0.15) is 18.7 Å². The molecule has 2 aromatic rings. The summed E-state index contributed by atoms with van der Waals surface area (Å²) in [5.74, 6) is 1.04. The third kappa shape index (κ3) is 5.14. The number of likely N-dealkylation sites (tertiary alicyclic amines) is 1. The number of hydrogen-bond donors (Lipinski definition) is 1. The Labute approximate surface area is 226 Å². The van der Waals surface area contributed by atoms with E-state index in [1.54, 1.807) is 6.08 Å². The number of rotatable bonds is 7. The van der Waals surface area contributed by atoms with E-state index in [9.17, 15) is 5.11 Å². The monoisotopic (exact) mass is 518 g/mol. The van der Waals surface area contributed by atoms with Crippen LogP contribution in [0.5, 0.6) is 6.01 Å². The van der Waals surface area contributed by atoms with Gasteiger partial charge in [0.15, 0.2) is 0 Å². The second kappa shape index (κ2) is 11.2. The van der Waals surface area contributed by atoms with E-state index in [4.69, 9.17) is 14.7 Å². The van der Waals surface area contributed by atoms with Crippen LogP contribution in [0, 0.1) is 0 Å². The van der Waals surface area contributed by atoms with Gasteiger partial charge in [0, 0.05) is 62.5 Å². The van der Waals surface area contributed by atoms with Crippen molar-refractivity contribution in [1.82, 2.24) is 19.8 Å². The Hall–Kier alpha value is -2.68. The summed E-state index contributed by atoms with van der Waals surface area (Å²) in [4.78, 5) is 19.5. The van der Waals surface area contributed by atoms with Gasteiger partial charge in [-0.3, -0.25) is 4.90 Å². The van der Waals surface area contributed by atoms with E-state index in [0.717, 1.165) is 70.0 Å². The van der Waals surface area contributed by atoms with Crippen LogP contribution in [0.4, 0.5) is 11.5 Å².